The maximum absolute atomic E-state index is 5.70. The van der Waals surface area contributed by atoms with Gasteiger partial charge in [-0.3, -0.25) is 5.10 Å². The molecule has 0 spiro atoms. The molecule has 142 valence electrons. The summed E-state index contributed by atoms with van der Waals surface area (Å²) in [6.07, 6.45) is 2.54. The fourth-order valence-electron chi connectivity index (χ4n) is 3.24. The number of aliphatic imine (C=N–C) groups is 1. The van der Waals surface area contributed by atoms with Gasteiger partial charge in [-0.25, -0.2) is 9.98 Å². The van der Waals surface area contributed by atoms with E-state index in [0.29, 0.717) is 30.0 Å². The van der Waals surface area contributed by atoms with Gasteiger partial charge in [0.25, 0.3) is 0 Å². The third-order valence-electron chi connectivity index (χ3n) is 5.59. The number of furan rings is 1. The molecule has 2 aromatic rings. The fraction of sp³-hybridized carbons (Fsp3) is 0.611. The molecular weight excluding hydrogens is 332 g/mol. The number of H-pyrrole nitrogens is 1. The lowest BCUT2D eigenvalue weighted by atomic mass is 9.56. The summed E-state index contributed by atoms with van der Waals surface area (Å²) in [5.74, 6) is 2.62. The highest BCUT2D eigenvalue weighted by Gasteiger charge is 2.58. The van der Waals surface area contributed by atoms with Crippen molar-refractivity contribution in [2.75, 3.05) is 13.7 Å². The predicted molar refractivity (Wildman–Crippen MR) is 99.6 cm³/mol. The van der Waals surface area contributed by atoms with Crippen molar-refractivity contribution >= 4 is 5.96 Å². The summed E-state index contributed by atoms with van der Waals surface area (Å²) in [5, 5.41) is 13.9. The summed E-state index contributed by atoms with van der Waals surface area (Å²) in [6.45, 7) is 9.82. The number of guanidine groups is 1. The van der Waals surface area contributed by atoms with Gasteiger partial charge in [0.1, 0.15) is 12.4 Å². The topological polar surface area (TPSA) is 100 Å². The lowest BCUT2D eigenvalue weighted by Gasteiger charge is -2.59. The van der Waals surface area contributed by atoms with Crippen LogP contribution in [0.1, 0.15) is 39.9 Å². The van der Waals surface area contributed by atoms with Crippen molar-refractivity contribution in [2.24, 2.45) is 10.4 Å². The van der Waals surface area contributed by atoms with E-state index in [1.54, 1.807) is 13.4 Å². The van der Waals surface area contributed by atoms with Gasteiger partial charge in [-0.1, -0.05) is 13.8 Å². The zero-order valence-electron chi connectivity index (χ0n) is 16.1. The molecule has 3 rings (SSSR count). The Morgan fingerprint density at radius 1 is 1.46 bits per heavy atom. The SMILES string of the molecule is CCNC(=NCc1nc(-c2ccco2)n[nH]1)NC1CC(C)(OC)C1(C)C. The second kappa shape index (κ2) is 7.11. The first kappa shape index (κ1) is 18.4. The predicted octanol–water partition coefficient (Wildman–Crippen LogP) is 2.32. The van der Waals surface area contributed by atoms with Crippen LogP contribution in [-0.4, -0.2) is 46.4 Å². The Kier molecular flexibility index (Phi) is 5.04. The van der Waals surface area contributed by atoms with E-state index in [4.69, 9.17) is 9.15 Å². The highest BCUT2D eigenvalue weighted by molar-refractivity contribution is 5.80. The minimum absolute atomic E-state index is 0.0106. The quantitative estimate of drug-likeness (QED) is 0.540. The van der Waals surface area contributed by atoms with Crippen LogP contribution in [0, 0.1) is 5.41 Å². The van der Waals surface area contributed by atoms with Crippen molar-refractivity contribution in [1.82, 2.24) is 25.8 Å². The van der Waals surface area contributed by atoms with Gasteiger partial charge in [0.05, 0.1) is 11.9 Å². The summed E-state index contributed by atoms with van der Waals surface area (Å²) in [7, 11) is 1.78. The average molecular weight is 360 g/mol. The van der Waals surface area contributed by atoms with E-state index in [1.165, 1.54) is 0 Å². The molecule has 0 saturated heterocycles. The van der Waals surface area contributed by atoms with Crippen molar-refractivity contribution in [3.8, 4) is 11.6 Å². The van der Waals surface area contributed by atoms with Crippen molar-refractivity contribution < 1.29 is 9.15 Å². The number of aromatic nitrogens is 3. The number of ether oxygens (including phenoxy) is 1. The molecule has 2 unspecified atom stereocenters. The van der Waals surface area contributed by atoms with Gasteiger partial charge in [0.2, 0.25) is 5.82 Å². The maximum atomic E-state index is 5.70. The molecule has 26 heavy (non-hydrogen) atoms. The van der Waals surface area contributed by atoms with E-state index in [2.05, 4.69) is 51.6 Å². The van der Waals surface area contributed by atoms with Crippen LogP contribution in [0.25, 0.3) is 11.6 Å². The second-order valence-electron chi connectivity index (χ2n) is 7.34. The first-order chi connectivity index (χ1) is 12.4. The largest absolute Gasteiger partial charge is 0.461 e. The van der Waals surface area contributed by atoms with E-state index in [1.807, 2.05) is 19.1 Å². The van der Waals surface area contributed by atoms with E-state index < -0.39 is 0 Å². The van der Waals surface area contributed by atoms with Gasteiger partial charge in [0.15, 0.2) is 11.7 Å². The molecule has 0 aromatic carbocycles. The molecule has 0 radical (unpaired) electrons. The lowest BCUT2D eigenvalue weighted by molar-refractivity contribution is -0.176. The van der Waals surface area contributed by atoms with Crippen LogP contribution in [0.2, 0.25) is 0 Å². The number of methoxy groups -OCH3 is 1. The summed E-state index contributed by atoms with van der Waals surface area (Å²) in [4.78, 5) is 9.05. The molecule has 3 N–H and O–H groups in total. The molecule has 0 bridgehead atoms. The first-order valence-corrected chi connectivity index (χ1v) is 8.95. The van der Waals surface area contributed by atoms with Crippen LogP contribution >= 0.6 is 0 Å². The van der Waals surface area contributed by atoms with Gasteiger partial charge in [-0.05, 0) is 32.4 Å². The van der Waals surface area contributed by atoms with E-state index >= 15 is 0 Å². The van der Waals surface area contributed by atoms with Crippen molar-refractivity contribution in [3.05, 3.63) is 24.2 Å². The molecular formula is C18H28N6O2. The molecule has 1 aliphatic carbocycles. The summed E-state index contributed by atoms with van der Waals surface area (Å²) in [6, 6.07) is 3.93. The zero-order valence-corrected chi connectivity index (χ0v) is 16.1. The van der Waals surface area contributed by atoms with Crippen LogP contribution in [-0.2, 0) is 11.3 Å². The summed E-state index contributed by atoms with van der Waals surface area (Å²) < 4.78 is 11.0. The fourth-order valence-corrected chi connectivity index (χ4v) is 3.24. The van der Waals surface area contributed by atoms with Crippen LogP contribution in [0.5, 0.6) is 0 Å². The normalized spacial score (nSPS) is 25.0. The number of aromatic amines is 1. The Bertz CT molecular complexity index is 752. The molecule has 1 aliphatic rings. The Morgan fingerprint density at radius 2 is 2.27 bits per heavy atom. The van der Waals surface area contributed by atoms with Gasteiger partial charge in [-0.2, -0.15) is 0 Å². The number of hydrogen-bond acceptors (Lipinski definition) is 5. The zero-order chi connectivity index (χ0) is 18.8. The van der Waals surface area contributed by atoms with E-state index in [0.717, 1.165) is 18.9 Å². The van der Waals surface area contributed by atoms with Crippen LogP contribution in [0.15, 0.2) is 27.8 Å². The standard InChI is InChI=1S/C18H28N6O2/c1-6-19-16(21-13-10-18(4,25-5)17(13,2)3)20-11-14-22-15(24-23-14)12-8-7-9-26-12/h7-9,13H,6,10-11H2,1-5H3,(H2,19,20,21)(H,22,23,24). The monoisotopic (exact) mass is 360 g/mol. The number of rotatable bonds is 6. The molecule has 0 amide bonds. The second-order valence-corrected chi connectivity index (χ2v) is 7.34. The van der Waals surface area contributed by atoms with E-state index in [-0.39, 0.29) is 11.0 Å². The maximum Gasteiger partial charge on any atom is 0.216 e. The lowest BCUT2D eigenvalue weighted by Crippen LogP contribution is -2.69. The van der Waals surface area contributed by atoms with Crippen LogP contribution in [0.3, 0.4) is 0 Å². The molecule has 0 aliphatic heterocycles. The smallest absolute Gasteiger partial charge is 0.216 e. The third-order valence-corrected chi connectivity index (χ3v) is 5.59. The highest BCUT2D eigenvalue weighted by Crippen LogP contribution is 2.51. The van der Waals surface area contributed by atoms with Gasteiger partial charge < -0.3 is 19.8 Å². The van der Waals surface area contributed by atoms with Gasteiger partial charge in [0, 0.05) is 25.1 Å². The Morgan fingerprint density at radius 3 is 2.88 bits per heavy atom. The number of hydrogen-bond donors (Lipinski definition) is 3. The van der Waals surface area contributed by atoms with Crippen LogP contribution < -0.4 is 10.6 Å². The Hall–Kier alpha value is -2.35. The molecule has 2 aromatic heterocycles. The van der Waals surface area contributed by atoms with Gasteiger partial charge in [-0.15, -0.1) is 5.10 Å². The molecule has 2 heterocycles. The molecule has 1 fully saturated rings. The van der Waals surface area contributed by atoms with Crippen molar-refractivity contribution in [2.45, 2.75) is 52.3 Å². The minimum atomic E-state index is -0.120. The summed E-state index contributed by atoms with van der Waals surface area (Å²) >= 11 is 0. The van der Waals surface area contributed by atoms with E-state index in [9.17, 15) is 0 Å². The third kappa shape index (κ3) is 3.33. The van der Waals surface area contributed by atoms with Crippen LogP contribution in [0.4, 0.5) is 0 Å². The van der Waals surface area contributed by atoms with Gasteiger partial charge >= 0.3 is 0 Å². The number of nitrogens with one attached hydrogen (secondary N) is 3. The number of nitrogens with zero attached hydrogens (tertiary/aromatic N) is 3. The molecule has 1 saturated carbocycles. The Balaban J connectivity index is 1.65. The molecule has 8 heteroatoms. The first-order valence-electron chi connectivity index (χ1n) is 8.95. The minimum Gasteiger partial charge on any atom is -0.461 e. The Labute approximate surface area is 153 Å². The molecule has 2 atom stereocenters. The van der Waals surface area contributed by atoms with Crippen molar-refractivity contribution in [1.29, 1.82) is 0 Å². The summed E-state index contributed by atoms with van der Waals surface area (Å²) in [5.41, 5.74) is -0.110. The molecule has 8 nitrogen and oxygen atoms in total. The highest BCUT2D eigenvalue weighted by atomic mass is 16.5. The van der Waals surface area contributed by atoms with Crippen molar-refractivity contribution in [3.63, 3.8) is 0 Å². The average Bonchev–Trinajstić information content (AvgIpc) is 3.30.